The van der Waals surface area contributed by atoms with E-state index in [1.54, 1.807) is 0 Å². The van der Waals surface area contributed by atoms with Crippen LogP contribution in [0.3, 0.4) is 0 Å². The van der Waals surface area contributed by atoms with Crippen molar-refractivity contribution in [3.05, 3.63) is 0 Å². The van der Waals surface area contributed by atoms with Crippen LogP contribution >= 0.6 is 0 Å². The molecule has 3 N–H and O–H groups in total. The first kappa shape index (κ1) is 42.7. The zero-order chi connectivity index (χ0) is 34.0. The SMILES string of the molecule is CCCCCCCCCCCCCC(=O)O[C@@H]1[C@@H](OS(=O)(=O)O)[C@@H](O)O[C@H](CO)[C@H]1OC(=O)CCCCCCCCCCCCC. The van der Waals surface area contributed by atoms with Gasteiger partial charge in [-0.05, 0) is 12.8 Å². The van der Waals surface area contributed by atoms with E-state index in [-0.39, 0.29) is 12.8 Å². The predicted molar refractivity (Wildman–Crippen MR) is 176 cm³/mol. The number of esters is 2. The third-order valence-corrected chi connectivity index (χ3v) is 8.99. The van der Waals surface area contributed by atoms with Gasteiger partial charge in [0.05, 0.1) is 6.61 Å². The molecule has 0 radical (unpaired) electrons. The van der Waals surface area contributed by atoms with Crippen molar-refractivity contribution in [1.29, 1.82) is 0 Å². The van der Waals surface area contributed by atoms with Gasteiger partial charge in [0.25, 0.3) is 0 Å². The van der Waals surface area contributed by atoms with E-state index < -0.39 is 59.7 Å². The van der Waals surface area contributed by atoms with E-state index in [2.05, 4.69) is 18.0 Å². The molecule has 0 spiro atoms. The Bertz CT molecular complexity index is 882. The molecule has 0 aliphatic carbocycles. The molecule has 0 bridgehead atoms. The van der Waals surface area contributed by atoms with Crippen LogP contribution < -0.4 is 0 Å². The quantitative estimate of drug-likeness (QED) is 0.0419. The lowest BCUT2D eigenvalue weighted by atomic mass is 9.98. The average Bonchev–Trinajstić information content (AvgIpc) is 3.01. The predicted octanol–water partition coefficient (Wildman–Crippen LogP) is 7.11. The largest absolute Gasteiger partial charge is 0.455 e. The number of aliphatic hydroxyl groups is 2. The fraction of sp³-hybridized carbons (Fsp3) is 0.941. The fourth-order valence-corrected chi connectivity index (χ4v) is 6.34. The van der Waals surface area contributed by atoms with Crippen molar-refractivity contribution in [2.75, 3.05) is 6.61 Å². The van der Waals surface area contributed by atoms with Gasteiger partial charge in [-0.15, -0.1) is 0 Å². The number of carbonyl (C=O) groups is 2. The average molecular weight is 681 g/mol. The first-order chi connectivity index (χ1) is 22.1. The van der Waals surface area contributed by atoms with Crippen LogP contribution in [0.5, 0.6) is 0 Å². The fourth-order valence-electron chi connectivity index (χ4n) is 5.85. The Morgan fingerprint density at radius 3 is 1.28 bits per heavy atom. The van der Waals surface area contributed by atoms with Crippen LogP contribution in [0.4, 0.5) is 0 Å². The molecular formula is C34H64O11S. The standard InChI is InChI=1S/C34H64O11S/c1-3-5-7-9-11-13-15-17-19-21-23-25-29(36)43-31-28(27-35)42-34(38)33(45-46(39,40)41)32(31)44-30(37)26-24-22-20-18-16-14-12-10-8-6-4-2/h28,31-35,38H,3-27H2,1-2H3,(H,39,40,41)/t28-,31-,32+,33-,34+/m1/s1. The zero-order valence-corrected chi connectivity index (χ0v) is 29.4. The van der Waals surface area contributed by atoms with Gasteiger partial charge in [0, 0.05) is 12.8 Å². The summed E-state index contributed by atoms with van der Waals surface area (Å²) >= 11 is 0. The Labute approximate surface area is 278 Å². The zero-order valence-electron chi connectivity index (χ0n) is 28.6. The Hall–Kier alpha value is -1.31. The molecule has 0 unspecified atom stereocenters. The number of rotatable bonds is 29. The number of hydrogen-bond acceptors (Lipinski definition) is 10. The Kier molecular flexibility index (Phi) is 24.7. The molecule has 1 heterocycles. The molecule has 5 atom stereocenters. The third kappa shape index (κ3) is 20.8. The molecular weight excluding hydrogens is 616 g/mol. The second kappa shape index (κ2) is 26.6. The molecule has 1 saturated heterocycles. The molecule has 12 heteroatoms. The van der Waals surface area contributed by atoms with Crippen LogP contribution in [0.25, 0.3) is 0 Å². The van der Waals surface area contributed by atoms with Gasteiger partial charge in [0.1, 0.15) is 6.10 Å². The van der Waals surface area contributed by atoms with Crippen molar-refractivity contribution in [3.8, 4) is 0 Å². The highest BCUT2D eigenvalue weighted by Crippen LogP contribution is 2.29. The monoisotopic (exact) mass is 680 g/mol. The molecule has 0 saturated carbocycles. The van der Waals surface area contributed by atoms with E-state index >= 15 is 0 Å². The second-order valence-corrected chi connectivity index (χ2v) is 13.8. The molecule has 0 amide bonds. The number of aliphatic hydroxyl groups excluding tert-OH is 2. The summed E-state index contributed by atoms with van der Waals surface area (Å²) in [6.07, 6.45) is 16.1. The van der Waals surface area contributed by atoms with Crippen molar-refractivity contribution in [3.63, 3.8) is 0 Å². The van der Waals surface area contributed by atoms with Gasteiger partial charge in [-0.3, -0.25) is 14.1 Å². The van der Waals surface area contributed by atoms with Gasteiger partial charge in [-0.1, -0.05) is 142 Å². The van der Waals surface area contributed by atoms with Gasteiger partial charge >= 0.3 is 22.3 Å². The number of hydrogen-bond donors (Lipinski definition) is 3. The third-order valence-electron chi connectivity index (χ3n) is 8.53. The molecule has 1 rings (SSSR count). The highest BCUT2D eigenvalue weighted by molar-refractivity contribution is 7.80. The first-order valence-corrected chi connectivity index (χ1v) is 19.5. The minimum Gasteiger partial charge on any atom is -0.455 e. The first-order valence-electron chi connectivity index (χ1n) is 18.1. The van der Waals surface area contributed by atoms with Gasteiger partial charge in [0.15, 0.2) is 24.6 Å². The van der Waals surface area contributed by atoms with Gasteiger partial charge in [-0.2, -0.15) is 8.42 Å². The summed E-state index contributed by atoms with van der Waals surface area (Å²) in [7, 11) is -5.11. The van der Waals surface area contributed by atoms with Crippen LogP contribution in [0.15, 0.2) is 0 Å². The normalized spacial score (nSPS) is 21.7. The van der Waals surface area contributed by atoms with Gasteiger partial charge in [-0.25, -0.2) is 4.18 Å². The van der Waals surface area contributed by atoms with E-state index in [9.17, 15) is 32.8 Å². The second-order valence-electron chi connectivity index (χ2n) is 12.7. The lowest BCUT2D eigenvalue weighted by Gasteiger charge is -2.42. The maximum Gasteiger partial charge on any atom is 0.397 e. The van der Waals surface area contributed by atoms with Gasteiger partial charge in [0.2, 0.25) is 0 Å². The van der Waals surface area contributed by atoms with Gasteiger partial charge < -0.3 is 24.4 Å². The molecule has 0 aromatic heterocycles. The smallest absolute Gasteiger partial charge is 0.397 e. The number of ether oxygens (including phenoxy) is 3. The topological polar surface area (TPSA) is 166 Å². The van der Waals surface area contributed by atoms with Crippen LogP contribution in [-0.2, 0) is 38.4 Å². The van der Waals surface area contributed by atoms with Crippen molar-refractivity contribution >= 4 is 22.3 Å². The summed E-state index contributed by atoms with van der Waals surface area (Å²) in [6, 6.07) is 0. The minimum atomic E-state index is -5.11. The molecule has 0 aromatic carbocycles. The highest BCUT2D eigenvalue weighted by Gasteiger charge is 2.52. The van der Waals surface area contributed by atoms with Crippen LogP contribution in [-0.4, -0.2) is 72.4 Å². The lowest BCUT2D eigenvalue weighted by Crippen LogP contribution is -2.62. The summed E-state index contributed by atoms with van der Waals surface area (Å²) in [4.78, 5) is 25.5. The van der Waals surface area contributed by atoms with Crippen LogP contribution in [0.2, 0.25) is 0 Å². The van der Waals surface area contributed by atoms with E-state index in [1.807, 2.05) is 0 Å². The molecule has 1 aliphatic heterocycles. The molecule has 1 aliphatic rings. The van der Waals surface area contributed by atoms with Crippen molar-refractivity contribution < 1.29 is 51.2 Å². The molecule has 46 heavy (non-hydrogen) atoms. The summed E-state index contributed by atoms with van der Waals surface area (Å²) in [5.74, 6) is -1.35. The summed E-state index contributed by atoms with van der Waals surface area (Å²) in [5, 5.41) is 20.3. The van der Waals surface area contributed by atoms with E-state index in [0.29, 0.717) is 12.8 Å². The molecule has 11 nitrogen and oxygen atoms in total. The maximum absolute atomic E-state index is 12.8. The van der Waals surface area contributed by atoms with E-state index in [1.165, 1.54) is 77.0 Å². The summed E-state index contributed by atoms with van der Waals surface area (Å²) in [5.41, 5.74) is 0. The Morgan fingerprint density at radius 1 is 0.587 bits per heavy atom. The molecule has 1 fully saturated rings. The number of unbranched alkanes of at least 4 members (excludes halogenated alkanes) is 20. The van der Waals surface area contributed by atoms with Crippen LogP contribution in [0, 0.1) is 0 Å². The Balaban J connectivity index is 2.58. The Morgan fingerprint density at radius 2 is 0.935 bits per heavy atom. The maximum atomic E-state index is 12.8. The van der Waals surface area contributed by atoms with E-state index in [0.717, 1.165) is 51.4 Å². The summed E-state index contributed by atoms with van der Waals surface area (Å²) in [6.45, 7) is 3.70. The van der Waals surface area contributed by atoms with Crippen molar-refractivity contribution in [1.82, 2.24) is 0 Å². The lowest BCUT2D eigenvalue weighted by molar-refractivity contribution is -0.287. The van der Waals surface area contributed by atoms with E-state index in [4.69, 9.17) is 14.2 Å². The summed E-state index contributed by atoms with van der Waals surface area (Å²) < 4.78 is 53.2. The van der Waals surface area contributed by atoms with Crippen LogP contribution in [0.1, 0.15) is 168 Å². The molecule has 0 aromatic rings. The van der Waals surface area contributed by atoms with Crippen molar-refractivity contribution in [2.45, 2.75) is 199 Å². The highest BCUT2D eigenvalue weighted by atomic mass is 32.3. The van der Waals surface area contributed by atoms with Crippen molar-refractivity contribution in [2.24, 2.45) is 0 Å². The molecule has 272 valence electrons. The number of carbonyl (C=O) groups excluding carboxylic acids is 2. The minimum absolute atomic E-state index is 0.0201.